The first-order chi connectivity index (χ1) is 7.49. The Kier molecular flexibility index (Phi) is 2.87. The Morgan fingerprint density at radius 2 is 1.94 bits per heavy atom. The van der Waals surface area contributed by atoms with Crippen molar-refractivity contribution in [3.05, 3.63) is 40.0 Å². The zero-order chi connectivity index (χ0) is 11.9. The first kappa shape index (κ1) is 11.4. The van der Waals surface area contributed by atoms with E-state index in [4.69, 9.17) is 11.6 Å². The number of aryl methyl sites for hydroxylation is 2. The molecule has 0 amide bonds. The predicted molar refractivity (Wildman–Crippen MR) is 66.9 cm³/mol. The quantitative estimate of drug-likeness (QED) is 0.767. The summed E-state index contributed by atoms with van der Waals surface area (Å²) in [5.41, 5.74) is 3.87. The van der Waals surface area contributed by atoms with Crippen LogP contribution < -0.4 is 0 Å². The summed E-state index contributed by atoms with van der Waals surface area (Å²) in [6, 6.07) is 6.04. The molecule has 84 valence electrons. The van der Waals surface area contributed by atoms with Crippen LogP contribution in [0, 0.1) is 13.8 Å². The molecule has 1 aromatic carbocycles. The summed E-state index contributed by atoms with van der Waals surface area (Å²) >= 11 is 6.04. The third kappa shape index (κ3) is 1.91. The average Bonchev–Trinajstić information content (AvgIpc) is 2.18. The smallest absolute Gasteiger partial charge is 0.135 e. The highest BCUT2D eigenvalue weighted by Crippen LogP contribution is 2.27. The van der Waals surface area contributed by atoms with E-state index < -0.39 is 6.10 Å². The molecule has 0 aliphatic carbocycles. The Bertz CT molecular complexity index is 549. The van der Waals surface area contributed by atoms with Crippen molar-refractivity contribution in [1.29, 1.82) is 0 Å². The lowest BCUT2D eigenvalue weighted by Crippen LogP contribution is -1.96. The second-order valence-electron chi connectivity index (χ2n) is 4.20. The molecule has 0 aliphatic rings. The number of hydrogen-bond donors (Lipinski definition) is 1. The Hall–Kier alpha value is -1.12. The molecule has 2 rings (SSSR count). The van der Waals surface area contributed by atoms with Crippen LogP contribution in [0.15, 0.2) is 18.2 Å². The number of aliphatic hydroxyl groups excluding tert-OH is 1. The summed E-state index contributed by atoms with van der Waals surface area (Å²) in [6.07, 6.45) is -0.592. The molecule has 2 nitrogen and oxygen atoms in total. The van der Waals surface area contributed by atoms with Crippen LogP contribution in [0.5, 0.6) is 0 Å². The number of pyridine rings is 1. The monoisotopic (exact) mass is 235 g/mol. The van der Waals surface area contributed by atoms with E-state index in [-0.39, 0.29) is 0 Å². The molecule has 1 N–H and O–H groups in total. The largest absolute Gasteiger partial charge is 0.389 e. The highest BCUT2D eigenvalue weighted by atomic mass is 35.5. The van der Waals surface area contributed by atoms with E-state index >= 15 is 0 Å². The van der Waals surface area contributed by atoms with Crippen molar-refractivity contribution in [3.63, 3.8) is 0 Å². The first-order valence-electron chi connectivity index (χ1n) is 5.24. The van der Waals surface area contributed by atoms with Gasteiger partial charge in [-0.2, -0.15) is 0 Å². The molecule has 0 saturated carbocycles. The lowest BCUT2D eigenvalue weighted by Gasteiger charge is -2.10. The Labute approximate surface area is 99.9 Å². The van der Waals surface area contributed by atoms with Gasteiger partial charge in [-0.05, 0) is 38.5 Å². The average molecular weight is 236 g/mol. The minimum atomic E-state index is -0.592. The summed E-state index contributed by atoms with van der Waals surface area (Å²) in [7, 11) is 0. The number of aromatic nitrogens is 1. The lowest BCUT2D eigenvalue weighted by atomic mass is 10.0. The highest BCUT2D eigenvalue weighted by Gasteiger charge is 2.10. The van der Waals surface area contributed by atoms with Crippen LogP contribution in [0.25, 0.3) is 10.9 Å². The standard InChI is InChI=1S/C13H14ClNO/c1-7-4-8(2)12-10(5-7)6-11(9(3)16)13(14)15-12/h4-6,9,16H,1-3H3. The fourth-order valence-corrected chi connectivity index (χ4v) is 2.24. The molecule has 0 saturated heterocycles. The van der Waals surface area contributed by atoms with E-state index in [0.29, 0.717) is 10.7 Å². The van der Waals surface area contributed by atoms with Crippen molar-refractivity contribution in [1.82, 2.24) is 4.98 Å². The van der Waals surface area contributed by atoms with Gasteiger partial charge >= 0.3 is 0 Å². The second kappa shape index (κ2) is 4.04. The van der Waals surface area contributed by atoms with E-state index in [0.717, 1.165) is 16.5 Å². The van der Waals surface area contributed by atoms with Crippen molar-refractivity contribution in [2.45, 2.75) is 26.9 Å². The number of benzene rings is 1. The number of halogens is 1. The van der Waals surface area contributed by atoms with Gasteiger partial charge in [-0.25, -0.2) is 4.98 Å². The second-order valence-corrected chi connectivity index (χ2v) is 4.56. The van der Waals surface area contributed by atoms with E-state index in [1.54, 1.807) is 6.92 Å². The van der Waals surface area contributed by atoms with Crippen molar-refractivity contribution in [2.75, 3.05) is 0 Å². The van der Waals surface area contributed by atoms with Crippen LogP contribution >= 0.6 is 11.6 Å². The van der Waals surface area contributed by atoms with Gasteiger partial charge in [0, 0.05) is 10.9 Å². The fourth-order valence-electron chi connectivity index (χ4n) is 1.94. The summed E-state index contributed by atoms with van der Waals surface area (Å²) in [5, 5.41) is 11.0. The van der Waals surface area contributed by atoms with Gasteiger partial charge < -0.3 is 5.11 Å². The van der Waals surface area contributed by atoms with Crippen LogP contribution in [0.1, 0.15) is 29.7 Å². The summed E-state index contributed by atoms with van der Waals surface area (Å²) in [4.78, 5) is 4.34. The molecule has 1 heterocycles. The topological polar surface area (TPSA) is 33.1 Å². The minimum Gasteiger partial charge on any atom is -0.389 e. The molecule has 0 radical (unpaired) electrons. The van der Waals surface area contributed by atoms with E-state index in [2.05, 4.69) is 17.1 Å². The molecule has 16 heavy (non-hydrogen) atoms. The number of hydrogen-bond acceptors (Lipinski definition) is 2. The number of nitrogens with zero attached hydrogens (tertiary/aromatic N) is 1. The maximum absolute atomic E-state index is 9.58. The first-order valence-corrected chi connectivity index (χ1v) is 5.62. The molecule has 1 unspecified atom stereocenters. The third-order valence-corrected chi connectivity index (χ3v) is 2.99. The van der Waals surface area contributed by atoms with Crippen molar-refractivity contribution >= 4 is 22.5 Å². The molecule has 1 atom stereocenters. The van der Waals surface area contributed by atoms with Gasteiger partial charge in [0.15, 0.2) is 0 Å². The number of aliphatic hydroxyl groups is 1. The molecule has 3 heteroatoms. The molecule has 1 aromatic heterocycles. The van der Waals surface area contributed by atoms with Crippen LogP contribution in [-0.2, 0) is 0 Å². The van der Waals surface area contributed by atoms with Crippen LogP contribution in [0.4, 0.5) is 0 Å². The molecular weight excluding hydrogens is 222 g/mol. The molecule has 0 spiro atoms. The normalized spacial score (nSPS) is 13.1. The van der Waals surface area contributed by atoms with Gasteiger partial charge in [-0.1, -0.05) is 23.2 Å². The van der Waals surface area contributed by atoms with Crippen molar-refractivity contribution in [3.8, 4) is 0 Å². The lowest BCUT2D eigenvalue weighted by molar-refractivity contribution is 0.199. The van der Waals surface area contributed by atoms with Crippen molar-refractivity contribution < 1.29 is 5.11 Å². The van der Waals surface area contributed by atoms with E-state index in [9.17, 15) is 5.11 Å². The van der Waals surface area contributed by atoms with Crippen LogP contribution in [-0.4, -0.2) is 10.1 Å². The summed E-state index contributed by atoms with van der Waals surface area (Å²) < 4.78 is 0. The highest BCUT2D eigenvalue weighted by molar-refractivity contribution is 6.30. The van der Waals surface area contributed by atoms with Gasteiger partial charge in [-0.3, -0.25) is 0 Å². The maximum atomic E-state index is 9.58. The third-order valence-electron chi connectivity index (χ3n) is 2.68. The summed E-state index contributed by atoms with van der Waals surface area (Å²) in [5.74, 6) is 0. The van der Waals surface area contributed by atoms with Gasteiger partial charge in [0.05, 0.1) is 11.6 Å². The van der Waals surface area contributed by atoms with Crippen LogP contribution in [0.2, 0.25) is 5.15 Å². The summed E-state index contributed by atoms with van der Waals surface area (Å²) in [6.45, 7) is 5.75. The molecule has 0 aliphatic heterocycles. The zero-order valence-corrected chi connectivity index (χ0v) is 10.3. The Morgan fingerprint density at radius 1 is 1.25 bits per heavy atom. The zero-order valence-electron chi connectivity index (χ0n) is 9.58. The van der Waals surface area contributed by atoms with Crippen molar-refractivity contribution in [2.24, 2.45) is 0 Å². The fraction of sp³-hybridized carbons (Fsp3) is 0.308. The van der Waals surface area contributed by atoms with Gasteiger partial charge in [0.2, 0.25) is 0 Å². The molecular formula is C13H14ClNO. The van der Waals surface area contributed by atoms with Gasteiger partial charge in [0.25, 0.3) is 0 Å². The van der Waals surface area contributed by atoms with Gasteiger partial charge in [-0.15, -0.1) is 0 Å². The van der Waals surface area contributed by atoms with E-state index in [1.165, 1.54) is 5.56 Å². The minimum absolute atomic E-state index is 0.384. The molecule has 0 fully saturated rings. The Balaban J connectivity index is 2.79. The maximum Gasteiger partial charge on any atom is 0.135 e. The Morgan fingerprint density at radius 3 is 2.56 bits per heavy atom. The van der Waals surface area contributed by atoms with Crippen LogP contribution in [0.3, 0.4) is 0 Å². The molecule has 2 aromatic rings. The van der Waals surface area contributed by atoms with Gasteiger partial charge in [0.1, 0.15) is 5.15 Å². The molecule has 0 bridgehead atoms. The number of fused-ring (bicyclic) bond motifs is 1. The predicted octanol–water partition coefficient (Wildman–Crippen LogP) is 3.56. The number of rotatable bonds is 1. The SMILES string of the molecule is Cc1cc(C)c2nc(Cl)c(C(C)O)cc2c1. The van der Waals surface area contributed by atoms with E-state index in [1.807, 2.05) is 19.9 Å².